The number of amides is 1. The summed E-state index contributed by atoms with van der Waals surface area (Å²) in [6.45, 7) is 2.04. The predicted molar refractivity (Wildman–Crippen MR) is 115 cm³/mol. The molecule has 0 aromatic heterocycles. The Bertz CT molecular complexity index is 926. The summed E-state index contributed by atoms with van der Waals surface area (Å²) in [5.74, 6) is 0.166. The van der Waals surface area contributed by atoms with Crippen molar-refractivity contribution in [3.05, 3.63) is 47.0 Å². The molecule has 0 aliphatic heterocycles. The summed E-state index contributed by atoms with van der Waals surface area (Å²) in [6, 6.07) is 8.62. The van der Waals surface area contributed by atoms with Crippen LogP contribution in [0.15, 0.2) is 30.3 Å². The van der Waals surface area contributed by atoms with Crippen molar-refractivity contribution < 1.29 is 33.6 Å². The zero-order chi connectivity index (χ0) is 23.0. The molecule has 0 aliphatic carbocycles. The molecule has 0 bridgehead atoms. The average Bonchev–Trinajstić information content (AvgIpc) is 2.79. The topological polar surface area (TPSA) is 103 Å². The van der Waals surface area contributed by atoms with Gasteiger partial charge in [0.1, 0.15) is 11.5 Å². The Kier molecular flexibility index (Phi) is 8.54. The van der Waals surface area contributed by atoms with Crippen LogP contribution >= 0.6 is 0 Å². The van der Waals surface area contributed by atoms with Crippen molar-refractivity contribution in [2.75, 3.05) is 28.4 Å². The van der Waals surface area contributed by atoms with E-state index in [-0.39, 0.29) is 12.5 Å². The van der Waals surface area contributed by atoms with Crippen molar-refractivity contribution in [2.24, 2.45) is 5.92 Å². The predicted octanol–water partition coefficient (Wildman–Crippen LogP) is 3.30. The first-order chi connectivity index (χ1) is 14.9. The summed E-state index contributed by atoms with van der Waals surface area (Å²) in [6.07, 6.45) is 0.937. The number of hydrogen-bond donors (Lipinski definition) is 2. The van der Waals surface area contributed by atoms with E-state index in [0.717, 1.165) is 11.1 Å². The molecule has 1 amide bonds. The standard InChI is InChI=1S/C23H29NO7/c1-6-15(23(26)27)9-14-7-8-18(28-2)16(10-14)13-24-22(25)17-11-20(30-4)21(31-5)12-19(17)29-3/h7-8,10-12,15H,6,9,13H2,1-5H3,(H,24,25)(H,26,27). The lowest BCUT2D eigenvalue weighted by Crippen LogP contribution is -2.24. The van der Waals surface area contributed by atoms with Crippen LogP contribution in [0.2, 0.25) is 0 Å². The quantitative estimate of drug-likeness (QED) is 0.563. The summed E-state index contributed by atoms with van der Waals surface area (Å²) >= 11 is 0. The Morgan fingerprint density at radius 1 is 0.903 bits per heavy atom. The first-order valence-electron chi connectivity index (χ1n) is 9.85. The Morgan fingerprint density at radius 3 is 2.06 bits per heavy atom. The van der Waals surface area contributed by atoms with E-state index in [0.29, 0.717) is 41.4 Å². The van der Waals surface area contributed by atoms with Crippen LogP contribution in [0.5, 0.6) is 23.0 Å². The van der Waals surface area contributed by atoms with E-state index < -0.39 is 11.9 Å². The number of benzene rings is 2. The number of carboxylic acid groups (broad SMARTS) is 1. The summed E-state index contributed by atoms with van der Waals surface area (Å²) in [7, 11) is 6.01. The third-order valence-corrected chi connectivity index (χ3v) is 5.06. The number of rotatable bonds is 11. The van der Waals surface area contributed by atoms with Gasteiger partial charge >= 0.3 is 5.97 Å². The van der Waals surface area contributed by atoms with E-state index in [9.17, 15) is 14.7 Å². The molecule has 2 aromatic rings. The molecule has 0 fully saturated rings. The molecule has 1 unspecified atom stereocenters. The number of carbonyl (C=O) groups is 2. The van der Waals surface area contributed by atoms with Gasteiger partial charge in [-0.2, -0.15) is 0 Å². The third kappa shape index (κ3) is 5.81. The molecule has 2 rings (SSSR count). The highest BCUT2D eigenvalue weighted by Crippen LogP contribution is 2.34. The minimum Gasteiger partial charge on any atom is -0.496 e. The zero-order valence-corrected chi connectivity index (χ0v) is 18.5. The summed E-state index contributed by atoms with van der Waals surface area (Å²) in [5.41, 5.74) is 1.91. The Labute approximate surface area is 182 Å². The highest BCUT2D eigenvalue weighted by atomic mass is 16.5. The van der Waals surface area contributed by atoms with Gasteiger partial charge < -0.3 is 29.4 Å². The van der Waals surface area contributed by atoms with Crippen LogP contribution in [0.1, 0.15) is 34.8 Å². The van der Waals surface area contributed by atoms with Gasteiger partial charge in [-0.25, -0.2) is 0 Å². The van der Waals surface area contributed by atoms with Gasteiger partial charge in [0, 0.05) is 24.2 Å². The number of carboxylic acids is 1. The van der Waals surface area contributed by atoms with Crippen LogP contribution in [-0.4, -0.2) is 45.4 Å². The maximum Gasteiger partial charge on any atom is 0.306 e. The second-order valence-corrected chi connectivity index (χ2v) is 6.88. The van der Waals surface area contributed by atoms with E-state index in [1.807, 2.05) is 19.1 Å². The van der Waals surface area contributed by atoms with Gasteiger partial charge in [0.15, 0.2) is 11.5 Å². The monoisotopic (exact) mass is 431 g/mol. The fourth-order valence-electron chi connectivity index (χ4n) is 3.27. The highest BCUT2D eigenvalue weighted by molar-refractivity contribution is 5.97. The van der Waals surface area contributed by atoms with Crippen molar-refractivity contribution in [3.8, 4) is 23.0 Å². The molecule has 31 heavy (non-hydrogen) atoms. The molecule has 0 heterocycles. The first kappa shape index (κ1) is 23.9. The SMILES string of the molecule is CCC(Cc1ccc(OC)c(CNC(=O)c2cc(OC)c(OC)cc2OC)c1)C(=O)O. The lowest BCUT2D eigenvalue weighted by molar-refractivity contribution is -0.141. The molecular formula is C23H29NO7. The Balaban J connectivity index is 2.24. The maximum atomic E-state index is 12.9. The number of hydrogen-bond acceptors (Lipinski definition) is 6. The molecule has 168 valence electrons. The molecule has 0 saturated carbocycles. The number of nitrogens with one attached hydrogen (secondary N) is 1. The molecule has 8 nitrogen and oxygen atoms in total. The Hall–Kier alpha value is -3.42. The molecule has 0 spiro atoms. The van der Waals surface area contributed by atoms with Crippen molar-refractivity contribution in [1.82, 2.24) is 5.32 Å². The van der Waals surface area contributed by atoms with Crippen molar-refractivity contribution >= 4 is 11.9 Å². The second kappa shape index (κ2) is 11.1. The average molecular weight is 431 g/mol. The van der Waals surface area contributed by atoms with E-state index in [4.69, 9.17) is 18.9 Å². The molecule has 0 aliphatic rings. The van der Waals surface area contributed by atoms with Crippen molar-refractivity contribution in [2.45, 2.75) is 26.3 Å². The summed E-state index contributed by atoms with van der Waals surface area (Å²) < 4.78 is 21.3. The van der Waals surface area contributed by atoms with Gasteiger partial charge in [0.25, 0.3) is 5.91 Å². The van der Waals surface area contributed by atoms with Gasteiger partial charge in [-0.15, -0.1) is 0 Å². The fourth-order valence-corrected chi connectivity index (χ4v) is 3.27. The van der Waals surface area contributed by atoms with Crippen molar-refractivity contribution in [3.63, 3.8) is 0 Å². The summed E-state index contributed by atoms with van der Waals surface area (Å²) in [4.78, 5) is 24.2. The highest BCUT2D eigenvalue weighted by Gasteiger charge is 2.19. The van der Waals surface area contributed by atoms with E-state index in [1.54, 1.807) is 25.3 Å². The number of methoxy groups -OCH3 is 4. The molecule has 2 aromatic carbocycles. The molecule has 0 radical (unpaired) electrons. The molecule has 2 N–H and O–H groups in total. The van der Waals surface area contributed by atoms with E-state index in [1.165, 1.54) is 21.3 Å². The van der Waals surface area contributed by atoms with Crippen molar-refractivity contribution in [1.29, 1.82) is 0 Å². The van der Waals surface area contributed by atoms with Crippen LogP contribution in [0, 0.1) is 5.92 Å². The number of ether oxygens (including phenoxy) is 4. The largest absolute Gasteiger partial charge is 0.496 e. The molecule has 1 atom stereocenters. The minimum absolute atomic E-state index is 0.192. The third-order valence-electron chi connectivity index (χ3n) is 5.06. The zero-order valence-electron chi connectivity index (χ0n) is 18.5. The Morgan fingerprint density at radius 2 is 1.52 bits per heavy atom. The van der Waals surface area contributed by atoms with Crippen LogP contribution in [0.4, 0.5) is 0 Å². The maximum absolute atomic E-state index is 12.9. The van der Waals surface area contributed by atoms with Gasteiger partial charge in [0.2, 0.25) is 0 Å². The van der Waals surface area contributed by atoms with Crippen LogP contribution in [-0.2, 0) is 17.8 Å². The van der Waals surface area contributed by atoms with Crippen LogP contribution < -0.4 is 24.3 Å². The normalized spacial score (nSPS) is 11.4. The lowest BCUT2D eigenvalue weighted by atomic mass is 9.95. The first-order valence-corrected chi connectivity index (χ1v) is 9.85. The van der Waals surface area contributed by atoms with Gasteiger partial charge in [0.05, 0.1) is 39.9 Å². The van der Waals surface area contributed by atoms with Gasteiger partial charge in [-0.3, -0.25) is 9.59 Å². The van der Waals surface area contributed by atoms with Crippen LogP contribution in [0.3, 0.4) is 0 Å². The van der Waals surface area contributed by atoms with Gasteiger partial charge in [-0.1, -0.05) is 19.1 Å². The second-order valence-electron chi connectivity index (χ2n) is 6.88. The van der Waals surface area contributed by atoms with E-state index in [2.05, 4.69) is 5.32 Å². The molecular weight excluding hydrogens is 402 g/mol. The fraction of sp³-hybridized carbons (Fsp3) is 0.391. The smallest absolute Gasteiger partial charge is 0.306 e. The van der Waals surface area contributed by atoms with Crippen LogP contribution in [0.25, 0.3) is 0 Å². The van der Waals surface area contributed by atoms with Gasteiger partial charge in [-0.05, 0) is 24.5 Å². The minimum atomic E-state index is -0.825. The van der Waals surface area contributed by atoms with E-state index >= 15 is 0 Å². The summed E-state index contributed by atoms with van der Waals surface area (Å²) in [5, 5.41) is 12.2. The molecule has 0 saturated heterocycles. The number of aliphatic carboxylic acids is 1. The number of carbonyl (C=O) groups excluding carboxylic acids is 1. The lowest BCUT2D eigenvalue weighted by Gasteiger charge is -2.16. The molecule has 8 heteroatoms.